The second kappa shape index (κ2) is 11.8. The second-order valence-electron chi connectivity index (χ2n) is 13.8. The van der Waals surface area contributed by atoms with Gasteiger partial charge in [-0.25, -0.2) is 0 Å². The number of phenolic OH excluding ortho intramolecular Hbond substituents is 1. The van der Waals surface area contributed by atoms with E-state index in [0.29, 0.717) is 16.8 Å². The molecule has 4 aliphatic rings. The molecule has 6 rings (SSSR count). The smallest absolute Gasteiger partial charge is 0.255 e. The standard InChI is InChI=1S/C35H43N5O7/c1-37(2)24-16-21(19-8-6-7-18(13-19)17-40-11-9-39(5)10-12-40)29(41)26-22(24)14-20-15-23-28(38(3)4)31(43)27(34(36)46)33(45)35(23,47)32(44)25(20)30(26)42/h6-8,13,16,20,23,28,41,43-44,47H,9-12,14-15,17H2,1-5H3,(H2,36,46)/t20-,23?,28-,35-/m0/s1. The maximum atomic E-state index is 14.4. The Bertz CT molecular complexity index is 1740. The minimum Gasteiger partial charge on any atom is -0.510 e. The van der Waals surface area contributed by atoms with Gasteiger partial charge in [0.15, 0.2) is 11.4 Å². The predicted molar refractivity (Wildman–Crippen MR) is 176 cm³/mol. The number of Topliss-reactive ketones (excluding diaryl/α,β-unsaturated/α-hetero) is 2. The van der Waals surface area contributed by atoms with Gasteiger partial charge < -0.3 is 36.0 Å². The number of primary amides is 1. The highest BCUT2D eigenvalue weighted by molar-refractivity contribution is 6.25. The number of hydrogen-bond acceptors (Lipinski definition) is 11. The van der Waals surface area contributed by atoms with Crippen molar-refractivity contribution in [3.05, 3.63) is 69.7 Å². The molecule has 3 aliphatic carbocycles. The summed E-state index contributed by atoms with van der Waals surface area (Å²) in [5, 5.41) is 46.4. The zero-order valence-corrected chi connectivity index (χ0v) is 27.4. The molecule has 6 N–H and O–H groups in total. The van der Waals surface area contributed by atoms with Gasteiger partial charge in [-0.15, -0.1) is 0 Å². The molecule has 0 radical (unpaired) electrons. The zero-order valence-electron chi connectivity index (χ0n) is 27.4. The van der Waals surface area contributed by atoms with E-state index < -0.39 is 58.0 Å². The molecule has 0 saturated carbocycles. The minimum absolute atomic E-state index is 0.00328. The summed E-state index contributed by atoms with van der Waals surface area (Å²) in [5.41, 5.74) is 5.30. The summed E-state index contributed by atoms with van der Waals surface area (Å²) in [4.78, 5) is 48.4. The minimum atomic E-state index is -2.68. The van der Waals surface area contributed by atoms with Crippen LogP contribution < -0.4 is 10.6 Å². The Balaban J connectivity index is 1.46. The van der Waals surface area contributed by atoms with Crippen LogP contribution in [0.3, 0.4) is 0 Å². The summed E-state index contributed by atoms with van der Waals surface area (Å²) in [7, 11) is 9.03. The summed E-state index contributed by atoms with van der Waals surface area (Å²) in [6.07, 6.45) is 0.259. The molecule has 4 atom stereocenters. The average Bonchev–Trinajstić information content (AvgIpc) is 3.00. The number of aromatic hydroxyl groups is 1. The van der Waals surface area contributed by atoms with Crippen molar-refractivity contribution in [3.63, 3.8) is 0 Å². The van der Waals surface area contributed by atoms with Crippen LogP contribution in [0.15, 0.2) is 53.0 Å². The Hall–Kier alpha value is -4.23. The number of piperazine rings is 1. The van der Waals surface area contributed by atoms with Gasteiger partial charge in [-0.3, -0.25) is 24.2 Å². The topological polar surface area (TPSA) is 171 Å². The fourth-order valence-corrected chi connectivity index (χ4v) is 8.02. The van der Waals surface area contributed by atoms with Crippen molar-refractivity contribution < 1.29 is 34.8 Å². The molecule has 1 amide bonds. The molecule has 1 saturated heterocycles. The van der Waals surface area contributed by atoms with Crippen LogP contribution >= 0.6 is 0 Å². The van der Waals surface area contributed by atoms with E-state index in [1.807, 2.05) is 49.3 Å². The van der Waals surface area contributed by atoms with E-state index in [2.05, 4.69) is 16.8 Å². The maximum absolute atomic E-state index is 14.4. The highest BCUT2D eigenvalue weighted by atomic mass is 16.3. The highest BCUT2D eigenvalue weighted by Crippen LogP contribution is 2.54. The first kappa shape index (κ1) is 32.7. The number of anilines is 1. The predicted octanol–water partition coefficient (Wildman–Crippen LogP) is 1.60. The SMILES string of the molecule is CN1CCN(Cc2cccc(-c3cc(N(C)C)c4c(c3O)C(=O)C3=C(O)[C@]5(O)C(=O)C(C(N)=O)=C(O)[C@@H](N(C)C)C5C[C@@H]3C4)c2)CC1. The first-order valence-electron chi connectivity index (χ1n) is 15.9. The van der Waals surface area contributed by atoms with E-state index in [9.17, 15) is 34.8 Å². The van der Waals surface area contributed by atoms with Crippen LogP contribution in [0.5, 0.6) is 5.75 Å². The molecule has 1 heterocycles. The van der Waals surface area contributed by atoms with Crippen LogP contribution in [0.2, 0.25) is 0 Å². The van der Waals surface area contributed by atoms with Gasteiger partial charge in [0.1, 0.15) is 22.8 Å². The van der Waals surface area contributed by atoms with E-state index in [1.165, 1.54) is 0 Å². The van der Waals surface area contributed by atoms with Crippen molar-refractivity contribution >= 4 is 23.2 Å². The van der Waals surface area contributed by atoms with E-state index in [1.54, 1.807) is 19.0 Å². The molecule has 12 heteroatoms. The van der Waals surface area contributed by atoms with Gasteiger partial charge in [0, 0.05) is 69.6 Å². The molecular formula is C35H43N5O7. The molecule has 0 spiro atoms. The number of amides is 1. The Morgan fingerprint density at radius 1 is 1.04 bits per heavy atom. The molecule has 250 valence electrons. The summed E-state index contributed by atoms with van der Waals surface area (Å²) in [5.74, 6) is -6.64. The van der Waals surface area contributed by atoms with Gasteiger partial charge in [-0.2, -0.15) is 0 Å². The van der Waals surface area contributed by atoms with Crippen LogP contribution in [0.1, 0.15) is 27.9 Å². The fraction of sp³-hybridized carbons (Fsp3) is 0.457. The molecule has 1 aliphatic heterocycles. The number of phenols is 1. The van der Waals surface area contributed by atoms with Crippen molar-refractivity contribution in [2.45, 2.75) is 31.0 Å². The van der Waals surface area contributed by atoms with Gasteiger partial charge in [-0.1, -0.05) is 18.2 Å². The number of hydrogen-bond donors (Lipinski definition) is 5. The molecule has 0 bridgehead atoms. The summed E-state index contributed by atoms with van der Waals surface area (Å²) in [6.45, 7) is 4.62. The lowest BCUT2D eigenvalue weighted by molar-refractivity contribution is -0.148. The molecule has 2 aromatic rings. The van der Waals surface area contributed by atoms with Crippen LogP contribution in [0, 0.1) is 11.8 Å². The third-order valence-electron chi connectivity index (χ3n) is 10.4. The van der Waals surface area contributed by atoms with Crippen molar-refractivity contribution in [1.29, 1.82) is 0 Å². The van der Waals surface area contributed by atoms with Crippen LogP contribution in [0.4, 0.5) is 5.69 Å². The largest absolute Gasteiger partial charge is 0.510 e. The maximum Gasteiger partial charge on any atom is 0.255 e. The van der Waals surface area contributed by atoms with Crippen LogP contribution in [0.25, 0.3) is 11.1 Å². The van der Waals surface area contributed by atoms with Gasteiger partial charge in [0.2, 0.25) is 5.78 Å². The molecule has 0 aromatic heterocycles. The van der Waals surface area contributed by atoms with Gasteiger partial charge in [0.25, 0.3) is 5.91 Å². The lowest BCUT2D eigenvalue weighted by Crippen LogP contribution is -2.63. The molecule has 47 heavy (non-hydrogen) atoms. The van der Waals surface area contributed by atoms with E-state index in [4.69, 9.17) is 5.73 Å². The lowest BCUT2D eigenvalue weighted by Gasteiger charge is -2.50. The number of nitrogens with zero attached hydrogens (tertiary/aromatic N) is 4. The quantitative estimate of drug-likeness (QED) is 0.289. The number of aliphatic hydroxyl groups excluding tert-OH is 2. The Kier molecular flexibility index (Phi) is 8.20. The molecule has 1 fully saturated rings. The van der Waals surface area contributed by atoms with Gasteiger partial charge in [0.05, 0.1) is 11.6 Å². The molecule has 12 nitrogen and oxygen atoms in total. The van der Waals surface area contributed by atoms with Crippen molar-refractivity contribution in [1.82, 2.24) is 14.7 Å². The highest BCUT2D eigenvalue weighted by Gasteiger charge is 2.63. The first-order chi connectivity index (χ1) is 22.2. The van der Waals surface area contributed by atoms with Crippen molar-refractivity contribution in [2.75, 3.05) is 66.3 Å². The summed E-state index contributed by atoms with van der Waals surface area (Å²) >= 11 is 0. The number of likely N-dealkylation sites (N-methyl/N-ethyl adjacent to an activating group) is 2. The van der Waals surface area contributed by atoms with E-state index in [0.717, 1.165) is 43.9 Å². The Labute approximate surface area is 274 Å². The molecular weight excluding hydrogens is 602 g/mol. The Morgan fingerprint density at radius 3 is 2.34 bits per heavy atom. The Morgan fingerprint density at radius 2 is 1.72 bits per heavy atom. The monoisotopic (exact) mass is 645 g/mol. The zero-order chi connectivity index (χ0) is 34.1. The number of rotatable bonds is 6. The summed E-state index contributed by atoms with van der Waals surface area (Å²) in [6, 6.07) is 8.67. The number of nitrogens with two attached hydrogens (primary N) is 1. The fourth-order valence-electron chi connectivity index (χ4n) is 8.02. The van der Waals surface area contributed by atoms with Crippen LogP contribution in [-0.2, 0) is 22.6 Å². The van der Waals surface area contributed by atoms with Crippen molar-refractivity contribution in [2.24, 2.45) is 17.6 Å². The number of carbonyl (C=O) groups is 3. The summed E-state index contributed by atoms with van der Waals surface area (Å²) < 4.78 is 0. The van der Waals surface area contributed by atoms with Gasteiger partial charge in [-0.05, 0) is 68.7 Å². The number of ketones is 2. The van der Waals surface area contributed by atoms with Crippen molar-refractivity contribution in [3.8, 4) is 16.9 Å². The normalized spacial score (nSPS) is 26.7. The third-order valence-corrected chi connectivity index (χ3v) is 10.4. The van der Waals surface area contributed by atoms with E-state index in [-0.39, 0.29) is 29.7 Å². The number of carbonyl (C=O) groups excluding carboxylic acids is 3. The number of allylic oxidation sites excluding steroid dienone is 1. The number of benzene rings is 2. The number of aliphatic hydroxyl groups is 3. The van der Waals surface area contributed by atoms with Gasteiger partial charge >= 0.3 is 0 Å². The molecule has 1 unspecified atom stereocenters. The first-order valence-corrected chi connectivity index (χ1v) is 15.9. The molecule has 2 aromatic carbocycles. The van der Waals surface area contributed by atoms with Crippen LogP contribution in [-0.4, -0.2) is 126 Å². The second-order valence-corrected chi connectivity index (χ2v) is 13.8. The van der Waals surface area contributed by atoms with E-state index >= 15 is 0 Å². The third kappa shape index (κ3) is 5.10. The average molecular weight is 646 g/mol. The lowest BCUT2D eigenvalue weighted by atomic mass is 9.58. The number of fused-ring (bicyclic) bond motifs is 3.